The van der Waals surface area contributed by atoms with E-state index in [2.05, 4.69) is 24.8 Å². The van der Waals surface area contributed by atoms with Crippen molar-refractivity contribution in [3.63, 3.8) is 0 Å². The van der Waals surface area contributed by atoms with Gasteiger partial charge >= 0.3 is 0 Å². The summed E-state index contributed by atoms with van der Waals surface area (Å²) in [5.41, 5.74) is 1.95. The first-order chi connectivity index (χ1) is 9.74. The van der Waals surface area contributed by atoms with Gasteiger partial charge in [-0.25, -0.2) is 0 Å². The molecule has 0 aromatic heterocycles. The van der Waals surface area contributed by atoms with Gasteiger partial charge in [0.2, 0.25) is 0 Å². The van der Waals surface area contributed by atoms with E-state index < -0.39 is 0 Å². The van der Waals surface area contributed by atoms with E-state index in [1.165, 1.54) is 5.69 Å². The molecule has 1 heterocycles. The molecule has 106 valence electrons. The average molecular weight is 270 g/mol. The minimum absolute atomic E-state index is 0.163. The van der Waals surface area contributed by atoms with Crippen LogP contribution >= 0.6 is 0 Å². The van der Waals surface area contributed by atoms with E-state index in [-0.39, 0.29) is 5.78 Å². The van der Waals surface area contributed by atoms with E-state index in [1.54, 1.807) is 0 Å². The van der Waals surface area contributed by atoms with Gasteiger partial charge in [-0.2, -0.15) is 0 Å². The van der Waals surface area contributed by atoms with Gasteiger partial charge in [-0.15, -0.1) is 0 Å². The maximum Gasteiger partial charge on any atom is 0.182 e. The van der Waals surface area contributed by atoms with Crippen molar-refractivity contribution in [3.8, 4) is 0 Å². The quantitative estimate of drug-likeness (QED) is 0.742. The molecule has 1 aliphatic rings. The molecule has 0 saturated heterocycles. The van der Waals surface area contributed by atoms with E-state index in [1.807, 2.05) is 47.5 Å². The Labute approximate surface area is 121 Å². The lowest BCUT2D eigenvalue weighted by Gasteiger charge is -2.22. The van der Waals surface area contributed by atoms with Gasteiger partial charge in [-0.05, 0) is 50.4 Å². The summed E-state index contributed by atoms with van der Waals surface area (Å²) in [6.45, 7) is 7.48. The van der Waals surface area contributed by atoms with Crippen LogP contribution in [0.1, 0.15) is 24.2 Å². The number of carbonyl (C=O) groups excluding carboxylic acids is 1. The largest absolute Gasteiger partial charge is 0.372 e. The third-order valence-corrected chi connectivity index (χ3v) is 3.55. The summed E-state index contributed by atoms with van der Waals surface area (Å²) in [4.78, 5) is 16.5. The summed E-state index contributed by atoms with van der Waals surface area (Å²) >= 11 is 0. The predicted octanol–water partition coefficient (Wildman–Crippen LogP) is 3.10. The van der Waals surface area contributed by atoms with Crippen molar-refractivity contribution in [2.45, 2.75) is 13.8 Å². The monoisotopic (exact) mass is 270 g/mol. The van der Waals surface area contributed by atoms with Crippen LogP contribution in [0.4, 0.5) is 5.69 Å². The molecule has 1 aromatic carbocycles. The molecule has 20 heavy (non-hydrogen) atoms. The second kappa shape index (κ2) is 6.94. The van der Waals surface area contributed by atoms with Crippen LogP contribution in [0.3, 0.4) is 0 Å². The van der Waals surface area contributed by atoms with E-state index in [0.717, 1.165) is 25.2 Å². The zero-order valence-electron chi connectivity index (χ0n) is 12.2. The van der Waals surface area contributed by atoms with Gasteiger partial charge < -0.3 is 9.80 Å². The molecule has 0 spiro atoms. The van der Waals surface area contributed by atoms with Crippen LogP contribution < -0.4 is 4.90 Å². The Kier molecular flexibility index (Phi) is 4.99. The minimum atomic E-state index is 0.163. The predicted molar refractivity (Wildman–Crippen MR) is 84.2 cm³/mol. The fourth-order valence-electron chi connectivity index (χ4n) is 2.35. The number of allylic oxidation sites excluding steroid dienone is 2. The molecule has 0 atom stereocenters. The van der Waals surface area contributed by atoms with Crippen LogP contribution in [0.15, 0.2) is 48.7 Å². The number of benzene rings is 1. The number of rotatable bonds is 6. The van der Waals surface area contributed by atoms with Crippen LogP contribution in [0.25, 0.3) is 0 Å². The molecule has 0 unspecified atom stereocenters. The zero-order valence-corrected chi connectivity index (χ0v) is 12.2. The smallest absolute Gasteiger partial charge is 0.182 e. The molecular formula is C17H22N2O. The molecule has 0 N–H and O–H groups in total. The van der Waals surface area contributed by atoms with E-state index in [9.17, 15) is 4.79 Å². The molecule has 0 radical (unpaired) electrons. The summed E-state index contributed by atoms with van der Waals surface area (Å²) in [5, 5.41) is 0. The summed E-state index contributed by atoms with van der Waals surface area (Å²) in [5.74, 6) is 0.163. The Balaban J connectivity index is 2.00. The lowest BCUT2D eigenvalue weighted by Crippen LogP contribution is -2.26. The standard InChI is InChI=1S/C17H22N2O/c1-3-19(4-2)16-10-8-15(9-11-16)17(20)14-18-12-6-5-7-13-18/h5-12H,3-4,13-14H2,1-2H3. The summed E-state index contributed by atoms with van der Waals surface area (Å²) in [7, 11) is 0. The van der Waals surface area contributed by atoms with Gasteiger partial charge in [-0.1, -0.05) is 12.2 Å². The maximum atomic E-state index is 12.2. The normalized spacial score (nSPS) is 13.6. The van der Waals surface area contributed by atoms with Crippen LogP contribution in [-0.2, 0) is 0 Å². The number of hydrogen-bond donors (Lipinski definition) is 0. The van der Waals surface area contributed by atoms with Gasteiger partial charge in [0.15, 0.2) is 5.78 Å². The number of hydrogen-bond acceptors (Lipinski definition) is 3. The summed E-state index contributed by atoms with van der Waals surface area (Å²) < 4.78 is 0. The lowest BCUT2D eigenvalue weighted by atomic mass is 10.1. The highest BCUT2D eigenvalue weighted by Gasteiger charge is 2.10. The molecule has 1 aliphatic heterocycles. The van der Waals surface area contributed by atoms with Gasteiger partial charge in [0.05, 0.1) is 6.54 Å². The Morgan fingerprint density at radius 1 is 1.15 bits per heavy atom. The molecule has 0 amide bonds. The topological polar surface area (TPSA) is 23.6 Å². The average Bonchev–Trinajstić information content (AvgIpc) is 2.50. The van der Waals surface area contributed by atoms with Crippen molar-refractivity contribution in [2.24, 2.45) is 0 Å². The third-order valence-electron chi connectivity index (χ3n) is 3.55. The van der Waals surface area contributed by atoms with Crippen molar-refractivity contribution in [1.29, 1.82) is 0 Å². The summed E-state index contributed by atoms with van der Waals surface area (Å²) in [6.07, 6.45) is 7.97. The summed E-state index contributed by atoms with van der Waals surface area (Å²) in [6, 6.07) is 7.93. The number of anilines is 1. The molecule has 3 nitrogen and oxygen atoms in total. The number of Topliss-reactive ketones (excluding diaryl/α,β-unsaturated/α-hetero) is 1. The van der Waals surface area contributed by atoms with Gasteiger partial charge in [0, 0.05) is 30.9 Å². The Bertz CT molecular complexity index is 498. The Morgan fingerprint density at radius 2 is 1.85 bits per heavy atom. The van der Waals surface area contributed by atoms with Crippen LogP contribution in [0.2, 0.25) is 0 Å². The van der Waals surface area contributed by atoms with Gasteiger partial charge in [0.1, 0.15) is 0 Å². The highest BCUT2D eigenvalue weighted by atomic mass is 16.1. The number of nitrogens with zero attached hydrogens (tertiary/aromatic N) is 2. The van der Waals surface area contributed by atoms with Crippen molar-refractivity contribution in [1.82, 2.24) is 4.90 Å². The Hall–Kier alpha value is -2.03. The van der Waals surface area contributed by atoms with Crippen molar-refractivity contribution >= 4 is 11.5 Å². The molecule has 2 rings (SSSR count). The SMILES string of the molecule is CCN(CC)c1ccc(C(=O)CN2C=CC=CC2)cc1. The minimum Gasteiger partial charge on any atom is -0.372 e. The fraction of sp³-hybridized carbons (Fsp3) is 0.353. The number of carbonyl (C=O) groups is 1. The lowest BCUT2D eigenvalue weighted by molar-refractivity contribution is 0.0959. The zero-order chi connectivity index (χ0) is 14.4. The second-order valence-corrected chi connectivity index (χ2v) is 4.84. The fourth-order valence-corrected chi connectivity index (χ4v) is 2.35. The molecule has 0 bridgehead atoms. The van der Waals surface area contributed by atoms with Crippen molar-refractivity contribution in [3.05, 3.63) is 54.3 Å². The first kappa shape index (κ1) is 14.4. The van der Waals surface area contributed by atoms with Crippen LogP contribution in [0, 0.1) is 0 Å². The molecule has 3 heteroatoms. The van der Waals surface area contributed by atoms with Crippen LogP contribution in [-0.4, -0.2) is 36.9 Å². The first-order valence-electron chi connectivity index (χ1n) is 7.20. The van der Waals surface area contributed by atoms with E-state index >= 15 is 0 Å². The van der Waals surface area contributed by atoms with E-state index in [0.29, 0.717) is 6.54 Å². The second-order valence-electron chi connectivity index (χ2n) is 4.84. The maximum absolute atomic E-state index is 12.2. The third kappa shape index (κ3) is 3.50. The number of ketones is 1. The highest BCUT2D eigenvalue weighted by molar-refractivity contribution is 5.98. The molecule has 0 fully saturated rings. The molecule has 1 aromatic rings. The van der Waals surface area contributed by atoms with Crippen molar-refractivity contribution < 1.29 is 4.79 Å². The van der Waals surface area contributed by atoms with Gasteiger partial charge in [0.25, 0.3) is 0 Å². The van der Waals surface area contributed by atoms with E-state index in [4.69, 9.17) is 0 Å². The molecular weight excluding hydrogens is 248 g/mol. The van der Waals surface area contributed by atoms with Crippen molar-refractivity contribution in [2.75, 3.05) is 31.1 Å². The molecule has 0 saturated carbocycles. The van der Waals surface area contributed by atoms with Crippen LogP contribution in [0.5, 0.6) is 0 Å². The molecule has 0 aliphatic carbocycles. The highest BCUT2D eigenvalue weighted by Crippen LogP contribution is 2.15. The Morgan fingerprint density at radius 3 is 2.40 bits per heavy atom. The first-order valence-corrected chi connectivity index (χ1v) is 7.20. The van der Waals surface area contributed by atoms with Gasteiger partial charge in [-0.3, -0.25) is 4.79 Å².